The molecule has 144 valence electrons. The number of fused-ring (bicyclic) bond motifs is 1. The Bertz CT molecular complexity index is 995. The molecule has 0 saturated heterocycles. The molecule has 1 amide bonds. The van der Waals surface area contributed by atoms with Crippen LogP contribution in [-0.2, 0) is 14.8 Å². The largest absolute Gasteiger partial charge is 0.478 e. The lowest BCUT2D eigenvalue weighted by molar-refractivity contribution is -0.124. The standard InChI is InChI=1S/C18H18BrFN2O4S/c1-10(2)6-16-18(23)21-14-8-13(19)17(9-15(14)26-16)27(24,25)22-12-5-3-4-11(20)7-12/h3-5,7-10,16,22H,6H2,1-2H3,(H,21,23). The Kier molecular flexibility index (Phi) is 5.43. The van der Waals surface area contributed by atoms with E-state index in [0.29, 0.717) is 12.1 Å². The fourth-order valence-electron chi connectivity index (χ4n) is 2.70. The number of amides is 1. The molecule has 0 saturated carbocycles. The van der Waals surface area contributed by atoms with Crippen LogP contribution in [0.1, 0.15) is 20.3 Å². The lowest BCUT2D eigenvalue weighted by Crippen LogP contribution is -2.38. The number of benzene rings is 2. The smallest absolute Gasteiger partial charge is 0.265 e. The molecule has 1 aliphatic rings. The van der Waals surface area contributed by atoms with Crippen LogP contribution in [0.15, 0.2) is 45.8 Å². The van der Waals surface area contributed by atoms with Gasteiger partial charge < -0.3 is 10.1 Å². The summed E-state index contributed by atoms with van der Waals surface area (Å²) in [5.74, 6) is -0.322. The highest BCUT2D eigenvalue weighted by molar-refractivity contribution is 9.10. The predicted molar refractivity (Wildman–Crippen MR) is 104 cm³/mol. The number of ether oxygens (including phenoxy) is 1. The summed E-state index contributed by atoms with van der Waals surface area (Å²) in [5, 5.41) is 2.73. The van der Waals surface area contributed by atoms with E-state index in [1.165, 1.54) is 30.3 Å². The topological polar surface area (TPSA) is 84.5 Å². The van der Waals surface area contributed by atoms with Crippen LogP contribution in [0.25, 0.3) is 0 Å². The van der Waals surface area contributed by atoms with Gasteiger partial charge in [-0.1, -0.05) is 19.9 Å². The summed E-state index contributed by atoms with van der Waals surface area (Å²) in [4.78, 5) is 12.1. The fraction of sp³-hybridized carbons (Fsp3) is 0.278. The first-order chi connectivity index (χ1) is 12.7. The van der Waals surface area contributed by atoms with E-state index in [1.54, 1.807) is 0 Å². The number of hydrogen-bond acceptors (Lipinski definition) is 4. The van der Waals surface area contributed by atoms with E-state index < -0.39 is 21.9 Å². The van der Waals surface area contributed by atoms with Gasteiger partial charge in [-0.2, -0.15) is 0 Å². The van der Waals surface area contributed by atoms with Crippen LogP contribution in [0.4, 0.5) is 15.8 Å². The zero-order valence-electron chi connectivity index (χ0n) is 14.6. The maximum atomic E-state index is 13.3. The average Bonchev–Trinajstić information content (AvgIpc) is 2.54. The number of nitrogens with one attached hydrogen (secondary N) is 2. The molecule has 0 bridgehead atoms. The van der Waals surface area contributed by atoms with Crippen molar-refractivity contribution >= 4 is 43.2 Å². The van der Waals surface area contributed by atoms with Gasteiger partial charge in [-0.05, 0) is 52.5 Å². The zero-order chi connectivity index (χ0) is 19.8. The minimum absolute atomic E-state index is 0.0787. The van der Waals surface area contributed by atoms with Crippen molar-refractivity contribution in [3.05, 3.63) is 46.7 Å². The number of rotatable bonds is 5. The van der Waals surface area contributed by atoms with Crippen LogP contribution in [0.2, 0.25) is 0 Å². The summed E-state index contributed by atoms with van der Waals surface area (Å²) in [5.41, 5.74) is 0.489. The van der Waals surface area contributed by atoms with Crippen LogP contribution in [0.3, 0.4) is 0 Å². The number of carbonyl (C=O) groups excluding carboxylic acids is 1. The molecule has 9 heteroatoms. The summed E-state index contributed by atoms with van der Waals surface area (Å²) in [6.07, 6.45) is -0.185. The molecule has 27 heavy (non-hydrogen) atoms. The van der Waals surface area contributed by atoms with E-state index in [-0.39, 0.29) is 32.6 Å². The molecule has 0 spiro atoms. The lowest BCUT2D eigenvalue weighted by atomic mass is 10.0. The Balaban J connectivity index is 1.94. The summed E-state index contributed by atoms with van der Waals surface area (Å²) >= 11 is 3.21. The Morgan fingerprint density at radius 2 is 2.04 bits per heavy atom. The number of sulfonamides is 1. The van der Waals surface area contributed by atoms with Crippen molar-refractivity contribution < 1.29 is 22.3 Å². The van der Waals surface area contributed by atoms with Gasteiger partial charge in [0.05, 0.1) is 11.4 Å². The van der Waals surface area contributed by atoms with Crippen LogP contribution in [-0.4, -0.2) is 20.4 Å². The second-order valence-corrected chi connectivity index (χ2v) is 9.13. The van der Waals surface area contributed by atoms with Gasteiger partial charge in [0.15, 0.2) is 6.10 Å². The fourth-order valence-corrected chi connectivity index (χ4v) is 4.81. The molecule has 1 unspecified atom stereocenters. The number of halogens is 2. The van der Waals surface area contributed by atoms with Gasteiger partial charge in [0.1, 0.15) is 16.5 Å². The van der Waals surface area contributed by atoms with E-state index in [2.05, 4.69) is 26.0 Å². The Morgan fingerprint density at radius 3 is 2.70 bits per heavy atom. The maximum absolute atomic E-state index is 13.3. The number of hydrogen-bond donors (Lipinski definition) is 2. The highest BCUT2D eigenvalue weighted by atomic mass is 79.9. The second kappa shape index (κ2) is 7.47. The maximum Gasteiger partial charge on any atom is 0.265 e. The van der Waals surface area contributed by atoms with E-state index in [1.807, 2.05) is 13.8 Å². The van der Waals surface area contributed by atoms with Gasteiger partial charge in [0.25, 0.3) is 15.9 Å². The lowest BCUT2D eigenvalue weighted by Gasteiger charge is -2.27. The van der Waals surface area contributed by atoms with E-state index in [0.717, 1.165) is 6.07 Å². The van der Waals surface area contributed by atoms with Crippen LogP contribution < -0.4 is 14.8 Å². The zero-order valence-corrected chi connectivity index (χ0v) is 17.0. The molecule has 1 aliphatic heterocycles. The van der Waals surface area contributed by atoms with Crippen LogP contribution in [0, 0.1) is 11.7 Å². The molecule has 6 nitrogen and oxygen atoms in total. The van der Waals surface area contributed by atoms with Gasteiger partial charge in [-0.25, -0.2) is 12.8 Å². The molecule has 1 heterocycles. The number of anilines is 2. The van der Waals surface area contributed by atoms with Gasteiger partial charge in [-0.3, -0.25) is 9.52 Å². The normalized spacial score (nSPS) is 16.5. The molecule has 2 N–H and O–H groups in total. The molecule has 3 rings (SSSR count). The first-order valence-electron chi connectivity index (χ1n) is 8.25. The quantitative estimate of drug-likeness (QED) is 0.707. The summed E-state index contributed by atoms with van der Waals surface area (Å²) < 4.78 is 47.1. The van der Waals surface area contributed by atoms with Crippen molar-refractivity contribution in [2.24, 2.45) is 5.92 Å². The van der Waals surface area contributed by atoms with Gasteiger partial charge in [-0.15, -0.1) is 0 Å². The van der Waals surface area contributed by atoms with Crippen molar-refractivity contribution in [1.82, 2.24) is 0 Å². The first kappa shape index (κ1) is 19.6. The minimum atomic E-state index is -4.00. The SMILES string of the molecule is CC(C)CC1Oc2cc(S(=O)(=O)Nc3cccc(F)c3)c(Br)cc2NC1=O. The van der Waals surface area contributed by atoms with Crippen molar-refractivity contribution in [2.75, 3.05) is 10.0 Å². The third-order valence-electron chi connectivity index (χ3n) is 3.91. The summed E-state index contributed by atoms with van der Waals surface area (Å²) in [6.45, 7) is 3.93. The second-order valence-electron chi connectivity index (χ2n) is 6.62. The molecule has 0 radical (unpaired) electrons. The van der Waals surface area contributed by atoms with E-state index in [4.69, 9.17) is 4.74 Å². The molecule has 0 aromatic heterocycles. The Morgan fingerprint density at radius 1 is 1.30 bits per heavy atom. The van der Waals surface area contributed by atoms with Crippen molar-refractivity contribution in [2.45, 2.75) is 31.3 Å². The molecule has 2 aromatic rings. The molecule has 2 aromatic carbocycles. The van der Waals surface area contributed by atoms with Gasteiger partial charge in [0, 0.05) is 10.5 Å². The Labute approximate surface area is 165 Å². The highest BCUT2D eigenvalue weighted by Gasteiger charge is 2.31. The summed E-state index contributed by atoms with van der Waals surface area (Å²) in [7, 11) is -4.00. The first-order valence-corrected chi connectivity index (χ1v) is 10.5. The van der Waals surface area contributed by atoms with Crippen molar-refractivity contribution in [1.29, 1.82) is 0 Å². The summed E-state index contributed by atoms with van der Waals surface area (Å²) in [6, 6.07) is 7.97. The third-order valence-corrected chi connectivity index (χ3v) is 6.25. The van der Waals surface area contributed by atoms with Crippen molar-refractivity contribution in [3.63, 3.8) is 0 Å². The van der Waals surface area contributed by atoms with Crippen LogP contribution in [0.5, 0.6) is 5.75 Å². The monoisotopic (exact) mass is 456 g/mol. The molecule has 0 aliphatic carbocycles. The Hall–Kier alpha value is -2.13. The van der Waals surface area contributed by atoms with Crippen LogP contribution >= 0.6 is 15.9 Å². The van der Waals surface area contributed by atoms with E-state index >= 15 is 0 Å². The minimum Gasteiger partial charge on any atom is -0.478 e. The molecule has 1 atom stereocenters. The third kappa shape index (κ3) is 4.41. The van der Waals surface area contributed by atoms with Gasteiger partial charge >= 0.3 is 0 Å². The van der Waals surface area contributed by atoms with E-state index in [9.17, 15) is 17.6 Å². The van der Waals surface area contributed by atoms with Crippen molar-refractivity contribution in [3.8, 4) is 5.75 Å². The van der Waals surface area contributed by atoms with Gasteiger partial charge in [0.2, 0.25) is 0 Å². The number of carbonyl (C=O) groups is 1. The molecular weight excluding hydrogens is 439 g/mol. The molecule has 0 fully saturated rings. The molecular formula is C18H18BrFN2O4S. The predicted octanol–water partition coefficient (Wildman–Crippen LogP) is 4.13. The highest BCUT2D eigenvalue weighted by Crippen LogP contribution is 2.38. The average molecular weight is 457 g/mol.